The Morgan fingerprint density at radius 2 is 1.97 bits per heavy atom. The van der Waals surface area contributed by atoms with Gasteiger partial charge in [0, 0.05) is 56.6 Å². The number of benzene rings is 1. The van der Waals surface area contributed by atoms with Crippen molar-refractivity contribution in [3.8, 4) is 11.4 Å². The van der Waals surface area contributed by atoms with Crippen LogP contribution in [0.15, 0.2) is 46.0 Å². The fourth-order valence-electron chi connectivity index (χ4n) is 2.78. The van der Waals surface area contributed by atoms with E-state index in [9.17, 15) is 0 Å². The van der Waals surface area contributed by atoms with Gasteiger partial charge >= 0.3 is 0 Å². The zero-order valence-electron chi connectivity index (χ0n) is 16.4. The molecule has 0 radical (unpaired) electrons. The van der Waals surface area contributed by atoms with Gasteiger partial charge in [0.2, 0.25) is 11.7 Å². The van der Waals surface area contributed by atoms with Crippen molar-refractivity contribution in [1.82, 2.24) is 24.9 Å². The van der Waals surface area contributed by atoms with Crippen LogP contribution in [0.5, 0.6) is 0 Å². The summed E-state index contributed by atoms with van der Waals surface area (Å²) in [5.41, 5.74) is 1.96. The molecule has 2 heterocycles. The highest BCUT2D eigenvalue weighted by atomic mass is 127. The standard InChI is InChI=1S/C19H22Cl2N6O.HI/c1-22-19(27(3)12-16-10-15(21)11-26(16)2)23-9-8-17-24-18(25-28-17)13-4-6-14(20)7-5-13;/h4-7,10-11H,8-9,12H2,1-3H3,(H,22,23);1H. The Bertz CT molecular complexity index is 954. The highest BCUT2D eigenvalue weighted by molar-refractivity contribution is 14.0. The van der Waals surface area contributed by atoms with E-state index in [1.54, 1.807) is 19.2 Å². The minimum absolute atomic E-state index is 0. The van der Waals surface area contributed by atoms with Gasteiger partial charge < -0.3 is 19.3 Å². The fraction of sp³-hybridized carbons (Fsp3) is 0.316. The highest BCUT2D eigenvalue weighted by Crippen LogP contribution is 2.18. The number of hydrogen-bond donors (Lipinski definition) is 1. The molecule has 0 amide bonds. The van der Waals surface area contributed by atoms with Crippen molar-refractivity contribution < 1.29 is 4.52 Å². The molecule has 10 heteroatoms. The lowest BCUT2D eigenvalue weighted by molar-refractivity contribution is 0.377. The molecule has 29 heavy (non-hydrogen) atoms. The van der Waals surface area contributed by atoms with E-state index < -0.39 is 0 Å². The van der Waals surface area contributed by atoms with Crippen molar-refractivity contribution in [3.05, 3.63) is 58.2 Å². The Morgan fingerprint density at radius 1 is 1.24 bits per heavy atom. The van der Waals surface area contributed by atoms with E-state index in [0.29, 0.717) is 36.2 Å². The average molecular weight is 549 g/mol. The molecule has 0 bridgehead atoms. The number of nitrogens with one attached hydrogen (secondary N) is 1. The van der Waals surface area contributed by atoms with Crippen LogP contribution in [0.1, 0.15) is 11.6 Å². The number of rotatable bonds is 6. The predicted octanol–water partition coefficient (Wildman–Crippen LogP) is 4.25. The van der Waals surface area contributed by atoms with Crippen molar-refractivity contribution in [3.63, 3.8) is 0 Å². The van der Waals surface area contributed by atoms with Crippen LogP contribution < -0.4 is 5.32 Å². The molecule has 3 rings (SSSR count). The maximum absolute atomic E-state index is 6.05. The number of hydrogen-bond acceptors (Lipinski definition) is 4. The summed E-state index contributed by atoms with van der Waals surface area (Å²) < 4.78 is 7.34. The second-order valence-electron chi connectivity index (χ2n) is 6.36. The van der Waals surface area contributed by atoms with Crippen LogP contribution in [-0.4, -0.2) is 46.2 Å². The van der Waals surface area contributed by atoms with Gasteiger partial charge in [-0.2, -0.15) is 4.98 Å². The molecular formula is C19H23Cl2IN6O. The lowest BCUT2D eigenvalue weighted by Gasteiger charge is -2.22. The van der Waals surface area contributed by atoms with Gasteiger partial charge in [0.1, 0.15) is 0 Å². The third kappa shape index (κ3) is 6.35. The van der Waals surface area contributed by atoms with Crippen LogP contribution in [0.3, 0.4) is 0 Å². The van der Waals surface area contributed by atoms with Crippen molar-refractivity contribution in [2.45, 2.75) is 13.0 Å². The summed E-state index contributed by atoms with van der Waals surface area (Å²) in [5.74, 6) is 1.88. The predicted molar refractivity (Wildman–Crippen MR) is 127 cm³/mol. The molecule has 0 saturated carbocycles. The smallest absolute Gasteiger partial charge is 0.228 e. The SMILES string of the molecule is CN=C(NCCc1nc(-c2ccc(Cl)cc2)no1)N(C)Cc1cc(Cl)cn1C.I. The van der Waals surface area contributed by atoms with Crippen LogP contribution >= 0.6 is 47.2 Å². The summed E-state index contributed by atoms with van der Waals surface area (Å²) in [5, 5.41) is 8.73. The van der Waals surface area contributed by atoms with Crippen LogP contribution in [0.25, 0.3) is 11.4 Å². The number of nitrogens with zero attached hydrogens (tertiary/aromatic N) is 5. The van der Waals surface area contributed by atoms with Gasteiger partial charge in [-0.15, -0.1) is 24.0 Å². The van der Waals surface area contributed by atoms with Crippen molar-refractivity contribution >= 4 is 53.1 Å². The molecule has 1 N–H and O–H groups in total. The van der Waals surface area contributed by atoms with Crippen LogP contribution in [0, 0.1) is 0 Å². The molecule has 156 valence electrons. The lowest BCUT2D eigenvalue weighted by atomic mass is 10.2. The van der Waals surface area contributed by atoms with E-state index >= 15 is 0 Å². The summed E-state index contributed by atoms with van der Waals surface area (Å²) in [4.78, 5) is 10.8. The monoisotopic (exact) mass is 548 g/mol. The molecule has 7 nitrogen and oxygen atoms in total. The second-order valence-corrected chi connectivity index (χ2v) is 7.23. The molecule has 2 aromatic heterocycles. The minimum Gasteiger partial charge on any atom is -0.356 e. The van der Waals surface area contributed by atoms with Gasteiger partial charge in [0.15, 0.2) is 5.96 Å². The summed E-state index contributed by atoms with van der Waals surface area (Å²) in [6.07, 6.45) is 2.47. The fourth-order valence-corrected chi connectivity index (χ4v) is 3.18. The number of aliphatic imine (C=N–C) groups is 1. The summed E-state index contributed by atoms with van der Waals surface area (Å²) in [7, 11) is 5.70. The first-order valence-corrected chi connectivity index (χ1v) is 9.53. The van der Waals surface area contributed by atoms with E-state index in [2.05, 4.69) is 20.4 Å². The molecule has 0 aliphatic carbocycles. The average Bonchev–Trinajstić information content (AvgIpc) is 3.25. The number of aryl methyl sites for hydroxylation is 1. The third-order valence-electron chi connectivity index (χ3n) is 4.24. The Balaban J connectivity index is 0.00000300. The Kier molecular flexibility index (Phi) is 8.79. The van der Waals surface area contributed by atoms with Crippen LogP contribution in [0.2, 0.25) is 10.0 Å². The molecule has 1 aromatic carbocycles. The molecule has 0 atom stereocenters. The van der Waals surface area contributed by atoms with Gasteiger partial charge in [0.25, 0.3) is 0 Å². The summed E-state index contributed by atoms with van der Waals surface area (Å²) in [6, 6.07) is 9.27. The topological polar surface area (TPSA) is 71.5 Å². The first kappa shape index (κ1) is 23.5. The van der Waals surface area contributed by atoms with Crippen molar-refractivity contribution in [2.24, 2.45) is 12.0 Å². The van der Waals surface area contributed by atoms with E-state index in [0.717, 1.165) is 22.2 Å². The van der Waals surface area contributed by atoms with E-state index in [1.165, 1.54) is 0 Å². The second kappa shape index (κ2) is 10.8. The normalized spacial score (nSPS) is 11.3. The number of halogens is 3. The Morgan fingerprint density at radius 3 is 2.59 bits per heavy atom. The van der Waals surface area contributed by atoms with Crippen LogP contribution in [0.4, 0.5) is 0 Å². The maximum Gasteiger partial charge on any atom is 0.228 e. The molecule has 0 aliphatic rings. The molecule has 0 spiro atoms. The maximum atomic E-state index is 6.05. The Hall–Kier alpha value is -1.78. The molecule has 0 saturated heterocycles. The lowest BCUT2D eigenvalue weighted by Crippen LogP contribution is -2.39. The van der Waals surface area contributed by atoms with E-state index in [1.807, 2.05) is 48.0 Å². The third-order valence-corrected chi connectivity index (χ3v) is 4.70. The summed E-state index contributed by atoms with van der Waals surface area (Å²) >= 11 is 12.0. The Labute approximate surface area is 197 Å². The van der Waals surface area contributed by atoms with Gasteiger partial charge in [-0.05, 0) is 30.3 Å². The molecule has 0 unspecified atom stereocenters. The van der Waals surface area contributed by atoms with Gasteiger partial charge in [0.05, 0.1) is 11.6 Å². The van der Waals surface area contributed by atoms with E-state index in [4.69, 9.17) is 27.7 Å². The first-order valence-electron chi connectivity index (χ1n) is 8.77. The quantitative estimate of drug-likeness (QED) is 0.283. The van der Waals surface area contributed by atoms with Gasteiger partial charge in [-0.1, -0.05) is 28.4 Å². The largest absolute Gasteiger partial charge is 0.356 e. The highest BCUT2D eigenvalue weighted by Gasteiger charge is 2.12. The van der Waals surface area contributed by atoms with E-state index in [-0.39, 0.29) is 24.0 Å². The molecular weight excluding hydrogens is 526 g/mol. The van der Waals surface area contributed by atoms with Crippen molar-refractivity contribution in [1.29, 1.82) is 0 Å². The van der Waals surface area contributed by atoms with Crippen LogP contribution in [-0.2, 0) is 20.0 Å². The number of guanidine groups is 1. The zero-order valence-corrected chi connectivity index (χ0v) is 20.2. The van der Waals surface area contributed by atoms with Gasteiger partial charge in [-0.25, -0.2) is 0 Å². The molecule has 0 fully saturated rings. The first-order chi connectivity index (χ1) is 13.5. The molecule has 0 aliphatic heterocycles. The minimum atomic E-state index is 0. The van der Waals surface area contributed by atoms with Crippen molar-refractivity contribution in [2.75, 3.05) is 20.6 Å². The number of aromatic nitrogens is 3. The van der Waals surface area contributed by atoms with Gasteiger partial charge in [-0.3, -0.25) is 4.99 Å². The summed E-state index contributed by atoms with van der Waals surface area (Å²) in [6.45, 7) is 1.30. The molecule has 3 aromatic rings. The zero-order chi connectivity index (χ0) is 20.1.